The highest BCUT2D eigenvalue weighted by Crippen LogP contribution is 2.43. The predicted molar refractivity (Wildman–Crippen MR) is 141 cm³/mol. The van der Waals surface area contributed by atoms with Crippen LogP contribution in [0, 0.1) is 0 Å². The summed E-state index contributed by atoms with van der Waals surface area (Å²) in [4.78, 5) is 0. The van der Waals surface area contributed by atoms with E-state index in [0.717, 1.165) is 25.0 Å². The molecule has 0 saturated carbocycles. The summed E-state index contributed by atoms with van der Waals surface area (Å²) in [6.07, 6.45) is 6.08. The molecule has 0 amide bonds. The van der Waals surface area contributed by atoms with Gasteiger partial charge in [-0.1, -0.05) is 103 Å². The minimum absolute atomic E-state index is 0.387. The van der Waals surface area contributed by atoms with Gasteiger partial charge in [0.15, 0.2) is 0 Å². The lowest BCUT2D eigenvalue weighted by Crippen LogP contribution is -2.50. The lowest BCUT2D eigenvalue weighted by molar-refractivity contribution is 0.156. The van der Waals surface area contributed by atoms with Gasteiger partial charge in [0.1, 0.15) is 12.4 Å². The van der Waals surface area contributed by atoms with Crippen molar-refractivity contribution in [3.8, 4) is 5.75 Å². The van der Waals surface area contributed by atoms with E-state index in [0.29, 0.717) is 29.3 Å². The molecule has 2 nitrogen and oxygen atoms in total. The smallest absolute Gasteiger partial charge is 0.200 e. The summed E-state index contributed by atoms with van der Waals surface area (Å²) in [5.41, 5.74) is 4.45. The largest absolute Gasteiger partial charge is 0.489 e. The molecule has 0 N–H and O–H groups in total. The van der Waals surface area contributed by atoms with Crippen LogP contribution in [-0.2, 0) is 17.5 Å². The van der Waals surface area contributed by atoms with Crippen LogP contribution >= 0.6 is 0 Å². The third-order valence-corrected chi connectivity index (χ3v) is 13.1. The Hall–Kier alpha value is -1.58. The standard InChI is InChI=1S/C29H46O2Si/c1-8-28(31-32(23(2)3,24(4)5)25(6)7)20-14-12-18-27-19-13-15-21-29(27)30-22-26-16-10-9-11-17-26/h9-11,13,15-17,19,21,23-25,28H,8,12,14,18,20,22H2,1-7H3. The fourth-order valence-corrected chi connectivity index (χ4v) is 11.0. The van der Waals surface area contributed by atoms with E-state index in [2.05, 4.69) is 97.0 Å². The van der Waals surface area contributed by atoms with Crippen LogP contribution in [0.4, 0.5) is 0 Å². The van der Waals surface area contributed by atoms with Gasteiger partial charge in [0, 0.05) is 6.10 Å². The number of benzene rings is 2. The Bertz CT molecular complexity index is 748. The van der Waals surface area contributed by atoms with Gasteiger partial charge in [-0.15, -0.1) is 0 Å². The first-order valence-electron chi connectivity index (χ1n) is 12.7. The number of rotatable bonds is 14. The zero-order chi connectivity index (χ0) is 23.6. The first-order chi connectivity index (χ1) is 15.3. The molecule has 2 rings (SSSR count). The summed E-state index contributed by atoms with van der Waals surface area (Å²) >= 11 is 0. The van der Waals surface area contributed by atoms with Gasteiger partial charge in [-0.25, -0.2) is 0 Å². The van der Waals surface area contributed by atoms with Gasteiger partial charge >= 0.3 is 0 Å². The lowest BCUT2D eigenvalue weighted by atomic mass is 10.0. The van der Waals surface area contributed by atoms with Crippen LogP contribution in [0.15, 0.2) is 54.6 Å². The minimum Gasteiger partial charge on any atom is -0.489 e. The summed E-state index contributed by atoms with van der Waals surface area (Å²) < 4.78 is 13.2. The molecule has 0 heterocycles. The molecule has 0 fully saturated rings. The lowest BCUT2D eigenvalue weighted by Gasteiger charge is -2.44. The number of ether oxygens (including phenoxy) is 1. The van der Waals surface area contributed by atoms with Crippen LogP contribution in [0.25, 0.3) is 0 Å². The second-order valence-corrected chi connectivity index (χ2v) is 15.5. The van der Waals surface area contributed by atoms with Crippen LogP contribution in [0.3, 0.4) is 0 Å². The Labute approximate surface area is 198 Å². The summed E-state index contributed by atoms with van der Waals surface area (Å²) in [7, 11) is -1.81. The Morgan fingerprint density at radius 1 is 0.750 bits per heavy atom. The van der Waals surface area contributed by atoms with E-state index < -0.39 is 8.32 Å². The van der Waals surface area contributed by atoms with Crippen molar-refractivity contribution >= 4 is 8.32 Å². The average molecular weight is 455 g/mol. The summed E-state index contributed by atoms with van der Waals surface area (Å²) in [6, 6.07) is 18.9. The molecule has 0 aliphatic carbocycles. The molecule has 178 valence electrons. The van der Waals surface area contributed by atoms with Gasteiger partial charge in [-0.3, -0.25) is 0 Å². The maximum absolute atomic E-state index is 7.05. The fraction of sp³-hybridized carbons (Fsp3) is 0.586. The average Bonchev–Trinajstić information content (AvgIpc) is 2.78. The van der Waals surface area contributed by atoms with E-state index in [4.69, 9.17) is 9.16 Å². The van der Waals surface area contributed by atoms with Crippen LogP contribution < -0.4 is 4.74 Å². The third kappa shape index (κ3) is 7.21. The molecule has 0 aliphatic rings. The van der Waals surface area contributed by atoms with Crippen molar-refractivity contribution in [2.45, 2.75) is 110 Å². The molecule has 0 radical (unpaired) electrons. The van der Waals surface area contributed by atoms with Crippen molar-refractivity contribution in [3.63, 3.8) is 0 Å². The maximum atomic E-state index is 7.05. The molecule has 0 bridgehead atoms. The van der Waals surface area contributed by atoms with Gasteiger partial charge in [0.2, 0.25) is 8.32 Å². The molecular formula is C29H46O2Si. The molecule has 0 saturated heterocycles. The highest BCUT2D eigenvalue weighted by atomic mass is 28.4. The first kappa shape index (κ1) is 26.7. The molecule has 2 aromatic carbocycles. The van der Waals surface area contributed by atoms with Crippen molar-refractivity contribution in [3.05, 3.63) is 65.7 Å². The van der Waals surface area contributed by atoms with Crippen LogP contribution in [-0.4, -0.2) is 14.4 Å². The zero-order valence-corrected chi connectivity index (χ0v) is 22.6. The SMILES string of the molecule is CCC(CCCCc1ccccc1OCc1ccccc1)O[Si](C(C)C)(C(C)C)C(C)C. The van der Waals surface area contributed by atoms with E-state index in [-0.39, 0.29) is 0 Å². The van der Waals surface area contributed by atoms with E-state index >= 15 is 0 Å². The number of unbranched alkanes of at least 4 members (excludes halogenated alkanes) is 1. The van der Waals surface area contributed by atoms with Gasteiger partial charge in [-0.05, 0) is 59.5 Å². The molecule has 0 aliphatic heterocycles. The molecule has 1 atom stereocenters. The van der Waals surface area contributed by atoms with Crippen LogP contribution in [0.1, 0.15) is 85.3 Å². The van der Waals surface area contributed by atoms with Crippen LogP contribution in [0.2, 0.25) is 16.6 Å². The number of para-hydroxylation sites is 1. The quantitative estimate of drug-likeness (QED) is 0.209. The normalized spacial score (nSPS) is 13.2. The number of hydrogen-bond donors (Lipinski definition) is 0. The number of hydrogen-bond acceptors (Lipinski definition) is 2. The molecule has 1 unspecified atom stereocenters. The molecule has 32 heavy (non-hydrogen) atoms. The highest BCUT2D eigenvalue weighted by molar-refractivity contribution is 6.77. The monoisotopic (exact) mass is 454 g/mol. The summed E-state index contributed by atoms with van der Waals surface area (Å²) in [6.45, 7) is 17.2. The summed E-state index contributed by atoms with van der Waals surface area (Å²) in [5.74, 6) is 1.02. The number of aryl methyl sites for hydroxylation is 1. The van der Waals surface area contributed by atoms with E-state index in [1.165, 1.54) is 24.0 Å². The van der Waals surface area contributed by atoms with Gasteiger partial charge in [0.05, 0.1) is 0 Å². The molecular weight excluding hydrogens is 408 g/mol. The molecule has 2 aromatic rings. The first-order valence-corrected chi connectivity index (χ1v) is 14.9. The summed E-state index contributed by atoms with van der Waals surface area (Å²) in [5, 5.41) is 0. The third-order valence-electron chi connectivity index (χ3n) is 6.97. The maximum Gasteiger partial charge on any atom is 0.200 e. The van der Waals surface area contributed by atoms with E-state index in [1.807, 2.05) is 6.07 Å². The van der Waals surface area contributed by atoms with Crippen molar-refractivity contribution in [1.82, 2.24) is 0 Å². The van der Waals surface area contributed by atoms with E-state index in [9.17, 15) is 0 Å². The van der Waals surface area contributed by atoms with Crippen LogP contribution in [0.5, 0.6) is 5.75 Å². The second-order valence-electron chi connectivity index (χ2n) is 10.1. The van der Waals surface area contributed by atoms with E-state index in [1.54, 1.807) is 0 Å². The second kappa shape index (κ2) is 13.2. The Morgan fingerprint density at radius 2 is 1.34 bits per heavy atom. The van der Waals surface area contributed by atoms with Gasteiger partial charge in [-0.2, -0.15) is 0 Å². The van der Waals surface area contributed by atoms with Crippen molar-refractivity contribution in [2.75, 3.05) is 0 Å². The molecule has 3 heteroatoms. The molecule has 0 spiro atoms. The predicted octanol–water partition coefficient (Wildman–Crippen LogP) is 8.95. The van der Waals surface area contributed by atoms with Crippen molar-refractivity contribution < 1.29 is 9.16 Å². The molecule has 0 aromatic heterocycles. The fourth-order valence-electron chi connectivity index (χ4n) is 5.32. The zero-order valence-electron chi connectivity index (χ0n) is 21.6. The Balaban J connectivity index is 1.90. The minimum atomic E-state index is -1.81. The Morgan fingerprint density at radius 3 is 1.94 bits per heavy atom. The Kier molecular flexibility index (Phi) is 11.0. The van der Waals surface area contributed by atoms with Crippen molar-refractivity contribution in [2.24, 2.45) is 0 Å². The van der Waals surface area contributed by atoms with Crippen molar-refractivity contribution in [1.29, 1.82) is 0 Å². The topological polar surface area (TPSA) is 18.5 Å². The van der Waals surface area contributed by atoms with Gasteiger partial charge < -0.3 is 9.16 Å². The van der Waals surface area contributed by atoms with Gasteiger partial charge in [0.25, 0.3) is 0 Å². The highest BCUT2D eigenvalue weighted by Gasteiger charge is 2.46.